The van der Waals surface area contributed by atoms with Gasteiger partial charge in [0.05, 0.1) is 9.85 Å². The van der Waals surface area contributed by atoms with Crippen LogP contribution in [0.15, 0.2) is 52.9 Å². The number of hydrogen-bond donors (Lipinski definition) is 1. The minimum Gasteiger partial charge on any atom is -0.403 e. The van der Waals surface area contributed by atoms with Gasteiger partial charge in [-0.1, -0.05) is 5.10 Å². The molecule has 2 aromatic carbocycles. The molecule has 0 unspecified atom stereocenters. The summed E-state index contributed by atoms with van der Waals surface area (Å²) in [6.45, 7) is 0. The second-order valence-corrected chi connectivity index (χ2v) is 4.65. The van der Waals surface area contributed by atoms with Crippen LogP contribution in [0.5, 0.6) is 0 Å². The lowest BCUT2D eigenvalue weighted by Gasteiger charge is -2.00. The maximum Gasteiger partial charge on any atom is 0.320 e. The number of aromatic nitrogens is 2. The van der Waals surface area contributed by atoms with Crippen molar-refractivity contribution in [2.75, 3.05) is 5.32 Å². The highest BCUT2D eigenvalue weighted by atomic mass is 16.6. The Morgan fingerprint density at radius 2 is 1.38 bits per heavy atom. The van der Waals surface area contributed by atoms with Crippen LogP contribution in [0.25, 0.3) is 11.5 Å². The van der Waals surface area contributed by atoms with Gasteiger partial charge in [-0.15, -0.1) is 5.10 Å². The Balaban J connectivity index is 1.75. The zero-order valence-electron chi connectivity index (χ0n) is 11.9. The van der Waals surface area contributed by atoms with Crippen LogP contribution < -0.4 is 5.32 Å². The monoisotopic (exact) mass is 327 g/mol. The van der Waals surface area contributed by atoms with E-state index >= 15 is 0 Å². The van der Waals surface area contributed by atoms with Crippen LogP contribution in [-0.2, 0) is 0 Å². The maximum atomic E-state index is 10.6. The Morgan fingerprint density at radius 3 is 1.92 bits per heavy atom. The zero-order valence-corrected chi connectivity index (χ0v) is 11.9. The van der Waals surface area contributed by atoms with Gasteiger partial charge in [0.2, 0.25) is 5.89 Å². The van der Waals surface area contributed by atoms with Crippen molar-refractivity contribution in [3.05, 3.63) is 68.8 Å². The van der Waals surface area contributed by atoms with Crippen LogP contribution >= 0.6 is 0 Å². The van der Waals surface area contributed by atoms with Gasteiger partial charge in [0.1, 0.15) is 0 Å². The molecular formula is C14H9N5O5. The van der Waals surface area contributed by atoms with Gasteiger partial charge >= 0.3 is 6.01 Å². The topological polar surface area (TPSA) is 137 Å². The van der Waals surface area contributed by atoms with Crippen molar-refractivity contribution in [2.24, 2.45) is 0 Å². The van der Waals surface area contributed by atoms with Crippen LogP contribution in [0, 0.1) is 20.2 Å². The quantitative estimate of drug-likeness (QED) is 0.556. The molecule has 0 bridgehead atoms. The number of non-ortho nitro benzene ring substituents is 2. The molecule has 3 aromatic rings. The van der Waals surface area contributed by atoms with Gasteiger partial charge in [-0.2, -0.15) is 0 Å². The fourth-order valence-corrected chi connectivity index (χ4v) is 1.91. The number of anilines is 2. The van der Waals surface area contributed by atoms with Crippen molar-refractivity contribution in [3.63, 3.8) is 0 Å². The first-order valence-corrected chi connectivity index (χ1v) is 6.63. The molecule has 0 amide bonds. The van der Waals surface area contributed by atoms with Gasteiger partial charge in [0, 0.05) is 35.5 Å². The fraction of sp³-hybridized carbons (Fsp3) is 0. The highest BCUT2D eigenvalue weighted by Gasteiger charge is 2.12. The van der Waals surface area contributed by atoms with E-state index in [1.807, 2.05) is 0 Å². The number of nitrogens with zero attached hydrogens (tertiary/aromatic N) is 4. The van der Waals surface area contributed by atoms with Crippen molar-refractivity contribution in [1.29, 1.82) is 0 Å². The Kier molecular flexibility index (Phi) is 3.85. The number of nitrogens with one attached hydrogen (secondary N) is 1. The Bertz CT molecular complexity index is 889. The summed E-state index contributed by atoms with van der Waals surface area (Å²) in [4.78, 5) is 20.2. The second kappa shape index (κ2) is 6.12. The normalized spacial score (nSPS) is 10.3. The molecule has 1 aromatic heterocycles. The zero-order chi connectivity index (χ0) is 17.1. The summed E-state index contributed by atoms with van der Waals surface area (Å²) in [5, 5.41) is 31.7. The molecule has 1 N–H and O–H groups in total. The Labute approximate surface area is 134 Å². The minimum atomic E-state index is -0.501. The number of nitro groups is 2. The predicted molar refractivity (Wildman–Crippen MR) is 82.8 cm³/mol. The van der Waals surface area contributed by atoms with Crippen LogP contribution in [0.4, 0.5) is 23.1 Å². The molecule has 0 spiro atoms. The highest BCUT2D eigenvalue weighted by Crippen LogP contribution is 2.24. The van der Waals surface area contributed by atoms with Crippen LogP contribution in [0.2, 0.25) is 0 Å². The SMILES string of the molecule is O=[N+]([O-])c1ccc(Nc2nnc(-c3ccc([N+](=O)[O-])cc3)o2)cc1. The smallest absolute Gasteiger partial charge is 0.320 e. The molecule has 0 fully saturated rings. The van der Waals surface area contributed by atoms with Gasteiger partial charge in [-0.3, -0.25) is 20.2 Å². The summed E-state index contributed by atoms with van der Waals surface area (Å²) in [6.07, 6.45) is 0. The van der Waals surface area contributed by atoms with E-state index in [1.54, 1.807) is 0 Å². The third-order valence-corrected chi connectivity index (χ3v) is 3.08. The molecule has 0 saturated heterocycles. The maximum absolute atomic E-state index is 10.6. The first-order chi connectivity index (χ1) is 11.5. The van der Waals surface area contributed by atoms with E-state index in [0.717, 1.165) is 0 Å². The first-order valence-electron chi connectivity index (χ1n) is 6.63. The van der Waals surface area contributed by atoms with E-state index < -0.39 is 9.85 Å². The number of nitro benzene ring substituents is 2. The summed E-state index contributed by atoms with van der Waals surface area (Å²) in [5.74, 6) is 0.189. The molecule has 0 saturated carbocycles. The summed E-state index contributed by atoms with van der Waals surface area (Å²) >= 11 is 0. The second-order valence-electron chi connectivity index (χ2n) is 4.65. The summed E-state index contributed by atoms with van der Waals surface area (Å²) < 4.78 is 5.41. The van der Waals surface area contributed by atoms with E-state index in [4.69, 9.17) is 4.42 Å². The third kappa shape index (κ3) is 3.16. The van der Waals surface area contributed by atoms with Crippen LogP contribution in [0.1, 0.15) is 0 Å². The van der Waals surface area contributed by atoms with Crippen molar-refractivity contribution >= 4 is 23.1 Å². The molecule has 0 atom stereocenters. The van der Waals surface area contributed by atoms with Crippen molar-refractivity contribution < 1.29 is 14.3 Å². The molecule has 1 heterocycles. The van der Waals surface area contributed by atoms with E-state index in [2.05, 4.69) is 15.5 Å². The molecule has 0 aliphatic carbocycles. The van der Waals surface area contributed by atoms with Gasteiger partial charge in [0.25, 0.3) is 11.4 Å². The predicted octanol–water partition coefficient (Wildman–Crippen LogP) is 3.30. The van der Waals surface area contributed by atoms with Crippen molar-refractivity contribution in [3.8, 4) is 11.5 Å². The number of rotatable bonds is 5. The molecule has 0 aliphatic heterocycles. The lowest BCUT2D eigenvalue weighted by molar-refractivity contribution is -0.385. The van der Waals surface area contributed by atoms with E-state index in [0.29, 0.717) is 11.3 Å². The van der Waals surface area contributed by atoms with Gasteiger partial charge in [-0.25, -0.2) is 0 Å². The Morgan fingerprint density at radius 1 is 0.833 bits per heavy atom. The first kappa shape index (κ1) is 15.1. The molecule has 120 valence electrons. The molecule has 0 radical (unpaired) electrons. The van der Waals surface area contributed by atoms with Crippen molar-refractivity contribution in [1.82, 2.24) is 10.2 Å². The van der Waals surface area contributed by atoms with E-state index in [9.17, 15) is 20.2 Å². The lowest BCUT2D eigenvalue weighted by Crippen LogP contribution is -1.91. The van der Waals surface area contributed by atoms with Crippen LogP contribution in [-0.4, -0.2) is 20.0 Å². The number of hydrogen-bond acceptors (Lipinski definition) is 8. The molecular weight excluding hydrogens is 318 g/mol. The summed E-state index contributed by atoms with van der Waals surface area (Å²) in [5.41, 5.74) is 1.00. The largest absolute Gasteiger partial charge is 0.403 e. The average molecular weight is 327 g/mol. The lowest BCUT2D eigenvalue weighted by atomic mass is 10.2. The van der Waals surface area contributed by atoms with Gasteiger partial charge < -0.3 is 9.73 Å². The molecule has 10 nitrogen and oxygen atoms in total. The summed E-state index contributed by atoms with van der Waals surface area (Å²) in [6, 6.07) is 11.5. The molecule has 24 heavy (non-hydrogen) atoms. The van der Waals surface area contributed by atoms with Gasteiger partial charge in [-0.05, 0) is 24.3 Å². The Hall–Kier alpha value is -3.82. The van der Waals surface area contributed by atoms with E-state index in [1.165, 1.54) is 48.5 Å². The van der Waals surface area contributed by atoms with Gasteiger partial charge in [0.15, 0.2) is 0 Å². The molecule has 0 aliphatic rings. The fourth-order valence-electron chi connectivity index (χ4n) is 1.91. The highest BCUT2D eigenvalue weighted by molar-refractivity contribution is 5.58. The third-order valence-electron chi connectivity index (χ3n) is 3.08. The van der Waals surface area contributed by atoms with E-state index in [-0.39, 0.29) is 23.3 Å². The minimum absolute atomic E-state index is 0.0300. The summed E-state index contributed by atoms with van der Waals surface area (Å²) in [7, 11) is 0. The average Bonchev–Trinajstić information content (AvgIpc) is 3.04. The van der Waals surface area contributed by atoms with Crippen molar-refractivity contribution in [2.45, 2.75) is 0 Å². The molecule has 10 heteroatoms. The number of benzene rings is 2. The van der Waals surface area contributed by atoms with Crippen LogP contribution in [0.3, 0.4) is 0 Å². The molecule has 3 rings (SSSR count). The standard InChI is InChI=1S/C14H9N5O5/c20-18(21)11-5-1-9(2-6-11)13-16-17-14(24-13)15-10-3-7-12(8-4-10)19(22)23/h1-8H,(H,15,17).